The quantitative estimate of drug-likeness (QED) is 0.744. The summed E-state index contributed by atoms with van der Waals surface area (Å²) in [6, 6.07) is 8.06. The van der Waals surface area contributed by atoms with E-state index in [2.05, 4.69) is 44.7 Å². The minimum absolute atomic E-state index is 0.0313. The van der Waals surface area contributed by atoms with Crippen LogP contribution in [-0.2, 0) is 13.1 Å². The van der Waals surface area contributed by atoms with Crippen LogP contribution in [0.4, 0.5) is 0 Å². The third kappa shape index (κ3) is 2.90. The Balaban J connectivity index is 1.37. The molecule has 1 aromatic carbocycles. The number of nitrogens with zero attached hydrogens (tertiary/aromatic N) is 5. The molecule has 0 saturated carbocycles. The van der Waals surface area contributed by atoms with Gasteiger partial charge < -0.3 is 19.4 Å². The van der Waals surface area contributed by atoms with E-state index in [9.17, 15) is 4.79 Å². The highest BCUT2D eigenvalue weighted by atomic mass is 16.2. The third-order valence-corrected chi connectivity index (χ3v) is 6.17. The van der Waals surface area contributed by atoms with Gasteiger partial charge >= 0.3 is 0 Å². The van der Waals surface area contributed by atoms with Crippen molar-refractivity contribution in [2.24, 2.45) is 0 Å². The van der Waals surface area contributed by atoms with Crippen molar-refractivity contribution in [3.05, 3.63) is 47.2 Å². The topological polar surface area (TPSA) is 70.0 Å². The Labute approximate surface area is 164 Å². The van der Waals surface area contributed by atoms with E-state index in [1.54, 1.807) is 0 Å². The number of likely N-dealkylation sites (tertiary alicyclic amines) is 1. The van der Waals surface area contributed by atoms with Crippen molar-refractivity contribution in [2.45, 2.75) is 38.8 Å². The Kier molecular flexibility index (Phi) is 4.19. The average Bonchev–Trinajstić information content (AvgIpc) is 3.32. The zero-order valence-corrected chi connectivity index (χ0v) is 16.5. The number of nitrogens with one attached hydrogen (secondary N) is 1. The number of aromatic nitrogens is 4. The molecule has 3 aromatic rings. The lowest BCUT2D eigenvalue weighted by Gasteiger charge is -2.31. The molecule has 146 valence electrons. The van der Waals surface area contributed by atoms with Gasteiger partial charge in [-0.3, -0.25) is 4.79 Å². The molecule has 1 fully saturated rings. The van der Waals surface area contributed by atoms with Crippen LogP contribution in [0.5, 0.6) is 0 Å². The average molecular weight is 378 g/mol. The number of hydrogen-bond acceptors (Lipinski definition) is 4. The number of amides is 1. The summed E-state index contributed by atoms with van der Waals surface area (Å²) in [5, 5.41) is 10.0. The molecule has 0 bridgehead atoms. The third-order valence-electron chi connectivity index (χ3n) is 6.17. The second-order valence-corrected chi connectivity index (χ2v) is 8.17. The van der Waals surface area contributed by atoms with E-state index in [0.717, 1.165) is 42.2 Å². The molecular weight excluding hydrogens is 352 g/mol. The van der Waals surface area contributed by atoms with E-state index in [-0.39, 0.29) is 5.91 Å². The number of benzene rings is 1. The number of likely N-dealkylation sites (N-methyl/N-ethyl adjacent to an activating group) is 1. The maximum Gasteiger partial charge on any atom is 0.270 e. The van der Waals surface area contributed by atoms with Gasteiger partial charge in [-0.2, -0.15) is 0 Å². The number of piperidine rings is 1. The Hall–Kier alpha value is -2.67. The molecule has 4 heterocycles. The number of carbonyl (C=O) groups excluding carboxylic acids is 1. The minimum atomic E-state index is 0.0313. The van der Waals surface area contributed by atoms with Crippen LogP contribution in [0.3, 0.4) is 0 Å². The molecule has 1 atom stereocenters. The molecule has 1 amide bonds. The zero-order valence-electron chi connectivity index (χ0n) is 16.5. The number of fused-ring (bicyclic) bond motifs is 2. The minimum Gasteiger partial charge on any atom is -0.351 e. The highest BCUT2D eigenvalue weighted by molar-refractivity contribution is 5.98. The summed E-state index contributed by atoms with van der Waals surface area (Å²) >= 11 is 0. The summed E-state index contributed by atoms with van der Waals surface area (Å²) < 4.78 is 2.24. The Morgan fingerprint density at radius 2 is 2.11 bits per heavy atom. The first-order chi connectivity index (χ1) is 13.6. The summed E-state index contributed by atoms with van der Waals surface area (Å²) in [4.78, 5) is 20.6. The standard InChI is InChI=1S/C21H26N6O/c1-14-5-3-7-17-16(14)11-18(22-17)21(28)26-9-10-27-19(13-26)23-24-20(27)15-6-4-8-25(2)12-15/h3,5,7,11,15,22H,4,6,8-10,12-13H2,1-2H3/t15-/m0/s1. The van der Waals surface area contributed by atoms with Crippen LogP contribution in [0.15, 0.2) is 24.3 Å². The molecule has 5 rings (SSSR count). The largest absolute Gasteiger partial charge is 0.351 e. The summed E-state index contributed by atoms with van der Waals surface area (Å²) in [6.45, 7) is 6.23. The van der Waals surface area contributed by atoms with Crippen molar-refractivity contribution in [1.29, 1.82) is 0 Å². The molecule has 2 aliphatic heterocycles. The van der Waals surface area contributed by atoms with Gasteiger partial charge in [0, 0.05) is 36.5 Å². The van der Waals surface area contributed by atoms with Crippen molar-refractivity contribution >= 4 is 16.8 Å². The van der Waals surface area contributed by atoms with Gasteiger partial charge in [-0.1, -0.05) is 12.1 Å². The van der Waals surface area contributed by atoms with E-state index in [1.807, 2.05) is 23.1 Å². The lowest BCUT2D eigenvalue weighted by atomic mass is 9.97. The normalized spacial score (nSPS) is 20.5. The van der Waals surface area contributed by atoms with Crippen molar-refractivity contribution in [2.75, 3.05) is 26.7 Å². The van der Waals surface area contributed by atoms with Crippen LogP contribution in [0, 0.1) is 6.92 Å². The second-order valence-electron chi connectivity index (χ2n) is 8.17. The lowest BCUT2D eigenvalue weighted by Crippen LogP contribution is -2.39. The van der Waals surface area contributed by atoms with Gasteiger partial charge in [0.25, 0.3) is 5.91 Å². The summed E-state index contributed by atoms with van der Waals surface area (Å²) in [5.41, 5.74) is 2.83. The van der Waals surface area contributed by atoms with Gasteiger partial charge in [0.2, 0.25) is 0 Å². The highest BCUT2D eigenvalue weighted by Crippen LogP contribution is 2.27. The maximum absolute atomic E-state index is 13.1. The first-order valence-corrected chi connectivity index (χ1v) is 10.1. The van der Waals surface area contributed by atoms with Crippen LogP contribution in [0.25, 0.3) is 10.9 Å². The van der Waals surface area contributed by atoms with E-state index in [1.165, 1.54) is 18.4 Å². The Morgan fingerprint density at radius 3 is 2.93 bits per heavy atom. The number of hydrogen-bond donors (Lipinski definition) is 1. The van der Waals surface area contributed by atoms with Gasteiger partial charge in [0.05, 0.1) is 6.54 Å². The predicted molar refractivity (Wildman–Crippen MR) is 107 cm³/mol. The number of H-pyrrole nitrogens is 1. The molecule has 28 heavy (non-hydrogen) atoms. The summed E-state index contributed by atoms with van der Waals surface area (Å²) in [6.07, 6.45) is 2.37. The molecule has 7 nitrogen and oxygen atoms in total. The first kappa shape index (κ1) is 17.4. The number of carbonyl (C=O) groups is 1. The van der Waals surface area contributed by atoms with Gasteiger partial charge in [0.1, 0.15) is 11.5 Å². The smallest absolute Gasteiger partial charge is 0.270 e. The SMILES string of the molecule is Cc1cccc2[nH]c(C(=O)N3CCn4c(nnc4[C@H]4CCCN(C)C4)C3)cc12. The maximum atomic E-state index is 13.1. The molecular formula is C21H26N6O. The molecule has 2 aromatic heterocycles. The van der Waals surface area contributed by atoms with Crippen molar-refractivity contribution in [3.63, 3.8) is 0 Å². The van der Waals surface area contributed by atoms with E-state index < -0.39 is 0 Å². The lowest BCUT2D eigenvalue weighted by molar-refractivity contribution is 0.0700. The second kappa shape index (κ2) is 6.74. The van der Waals surface area contributed by atoms with Crippen LogP contribution in [-0.4, -0.2) is 62.1 Å². The molecule has 2 aliphatic rings. The van der Waals surface area contributed by atoms with E-state index >= 15 is 0 Å². The summed E-state index contributed by atoms with van der Waals surface area (Å²) in [5.74, 6) is 2.47. The predicted octanol–water partition coefficient (Wildman–Crippen LogP) is 2.53. The number of aryl methyl sites for hydroxylation is 1. The van der Waals surface area contributed by atoms with Gasteiger partial charge in [-0.05, 0) is 51.1 Å². The fourth-order valence-corrected chi connectivity index (χ4v) is 4.63. The Bertz CT molecular complexity index is 1030. The Morgan fingerprint density at radius 1 is 1.21 bits per heavy atom. The molecule has 1 N–H and O–H groups in total. The summed E-state index contributed by atoms with van der Waals surface area (Å²) in [7, 11) is 2.17. The van der Waals surface area contributed by atoms with Crippen LogP contribution in [0.1, 0.15) is 46.5 Å². The molecule has 1 saturated heterocycles. The van der Waals surface area contributed by atoms with Crippen LogP contribution < -0.4 is 0 Å². The highest BCUT2D eigenvalue weighted by Gasteiger charge is 2.30. The van der Waals surface area contributed by atoms with Crippen LogP contribution in [0.2, 0.25) is 0 Å². The molecule has 0 spiro atoms. The van der Waals surface area contributed by atoms with Crippen LogP contribution >= 0.6 is 0 Å². The fourth-order valence-electron chi connectivity index (χ4n) is 4.63. The molecule has 0 unspecified atom stereocenters. The van der Waals surface area contributed by atoms with Crippen molar-refractivity contribution in [3.8, 4) is 0 Å². The first-order valence-electron chi connectivity index (χ1n) is 10.1. The fraction of sp³-hybridized carbons (Fsp3) is 0.476. The van der Waals surface area contributed by atoms with E-state index in [0.29, 0.717) is 24.7 Å². The molecule has 0 radical (unpaired) electrons. The zero-order chi connectivity index (χ0) is 19.3. The van der Waals surface area contributed by atoms with Gasteiger partial charge in [0.15, 0.2) is 5.82 Å². The molecule has 0 aliphatic carbocycles. The monoisotopic (exact) mass is 378 g/mol. The number of rotatable bonds is 2. The number of aromatic amines is 1. The molecule has 7 heteroatoms. The van der Waals surface area contributed by atoms with Gasteiger partial charge in [-0.15, -0.1) is 10.2 Å². The van der Waals surface area contributed by atoms with Crippen molar-refractivity contribution < 1.29 is 4.79 Å². The van der Waals surface area contributed by atoms with Crippen molar-refractivity contribution in [1.82, 2.24) is 29.5 Å². The van der Waals surface area contributed by atoms with E-state index in [4.69, 9.17) is 0 Å². The van der Waals surface area contributed by atoms with Gasteiger partial charge in [-0.25, -0.2) is 0 Å².